The largest absolute Gasteiger partial charge is 0.370 e. The molecule has 0 saturated carbocycles. The Morgan fingerprint density at radius 2 is 1.21 bits per heavy atom. The smallest absolute Gasteiger partial charge is 0.294 e. The van der Waals surface area contributed by atoms with E-state index < -0.39 is 0 Å². The van der Waals surface area contributed by atoms with Crippen LogP contribution in [0.2, 0.25) is 0 Å². The highest BCUT2D eigenvalue weighted by molar-refractivity contribution is 5.69. The van der Waals surface area contributed by atoms with Crippen LogP contribution < -0.4 is 0 Å². The number of rotatable bonds is 1. The predicted octanol–water partition coefficient (Wildman–Crippen LogP) is 4.39. The number of benzene rings is 1. The molecule has 0 fully saturated rings. The summed E-state index contributed by atoms with van der Waals surface area (Å²) in [5.41, 5.74) is 3.79. The maximum atomic E-state index is 8.56. The molecule has 8 heteroatoms. The SMILES string of the molecule is Cc1nc(C#N)c(C#N)nc1C.[C-]#[N+]c1nc(C)c(-c2ccccc2)nc1[N+]#[C-]. The molecule has 3 rings (SSSR count). The first-order valence-electron chi connectivity index (χ1n) is 8.29. The zero-order valence-corrected chi connectivity index (χ0v) is 16.0. The molecular weight excluding hydrogens is 364 g/mol. The van der Waals surface area contributed by atoms with Gasteiger partial charge >= 0.3 is 0 Å². The second-order valence-corrected chi connectivity index (χ2v) is 5.71. The zero-order chi connectivity index (χ0) is 21.4. The first kappa shape index (κ1) is 20.6. The molecule has 0 aliphatic rings. The van der Waals surface area contributed by atoms with Crippen LogP contribution in [0.25, 0.3) is 20.9 Å². The van der Waals surface area contributed by atoms with Crippen LogP contribution in [0, 0.1) is 56.6 Å². The number of aromatic nitrogens is 4. The first-order valence-corrected chi connectivity index (χ1v) is 8.29. The van der Waals surface area contributed by atoms with Gasteiger partial charge in [-0.1, -0.05) is 43.5 Å². The molecule has 0 amide bonds. The van der Waals surface area contributed by atoms with Crippen molar-refractivity contribution in [3.63, 3.8) is 0 Å². The number of aryl methyl sites for hydroxylation is 3. The summed E-state index contributed by atoms with van der Waals surface area (Å²) in [6.07, 6.45) is 0. The molecule has 8 nitrogen and oxygen atoms in total. The van der Waals surface area contributed by atoms with Crippen LogP contribution in [0.3, 0.4) is 0 Å². The average molecular weight is 378 g/mol. The summed E-state index contributed by atoms with van der Waals surface area (Å²) in [5.74, 6) is 0.127. The van der Waals surface area contributed by atoms with E-state index in [4.69, 9.17) is 23.7 Å². The first-order chi connectivity index (χ1) is 13.9. The van der Waals surface area contributed by atoms with Gasteiger partial charge in [-0.3, -0.25) is 0 Å². The minimum atomic E-state index is 0.0597. The quantitative estimate of drug-likeness (QED) is 0.581. The standard InChI is InChI=1S/C13H8N4.C8H6N4/c1-9-11(10-7-5-4-6-8-10)17-13(15-3)12(14-2)16-9;1-5-6(2)12-8(4-10)7(3-9)11-5/h4-8H,1H3;1-2H3. The molecule has 0 bridgehead atoms. The maximum absolute atomic E-state index is 8.56. The van der Waals surface area contributed by atoms with Crippen LogP contribution in [0.4, 0.5) is 11.6 Å². The van der Waals surface area contributed by atoms with Crippen LogP contribution in [-0.4, -0.2) is 19.9 Å². The van der Waals surface area contributed by atoms with E-state index in [0.717, 1.165) is 5.56 Å². The molecule has 0 unspecified atom stereocenters. The second kappa shape index (κ2) is 9.33. The van der Waals surface area contributed by atoms with Crippen molar-refractivity contribution in [3.05, 3.63) is 81.6 Å². The molecule has 138 valence electrons. The van der Waals surface area contributed by atoms with Crippen LogP contribution in [0.1, 0.15) is 28.5 Å². The summed E-state index contributed by atoms with van der Waals surface area (Å²) >= 11 is 0. The number of nitrogens with zero attached hydrogens (tertiary/aromatic N) is 8. The molecule has 0 spiro atoms. The monoisotopic (exact) mass is 378 g/mol. The average Bonchev–Trinajstić information content (AvgIpc) is 2.76. The van der Waals surface area contributed by atoms with Crippen molar-refractivity contribution in [1.82, 2.24) is 19.9 Å². The fourth-order valence-electron chi connectivity index (χ4n) is 2.28. The molecule has 0 aliphatic carbocycles. The van der Waals surface area contributed by atoms with Crippen molar-refractivity contribution in [2.45, 2.75) is 20.8 Å². The van der Waals surface area contributed by atoms with Gasteiger partial charge < -0.3 is 9.69 Å². The highest BCUT2D eigenvalue weighted by Crippen LogP contribution is 2.29. The molecule has 0 saturated heterocycles. The lowest BCUT2D eigenvalue weighted by molar-refractivity contribution is 1.01. The third-order valence-corrected chi connectivity index (χ3v) is 3.81. The number of hydrogen-bond acceptors (Lipinski definition) is 6. The van der Waals surface area contributed by atoms with Crippen molar-refractivity contribution >= 4 is 11.6 Å². The highest BCUT2D eigenvalue weighted by atomic mass is 15.0. The molecule has 29 heavy (non-hydrogen) atoms. The zero-order valence-electron chi connectivity index (χ0n) is 16.0. The van der Waals surface area contributed by atoms with E-state index >= 15 is 0 Å². The van der Waals surface area contributed by atoms with Crippen LogP contribution in [0.5, 0.6) is 0 Å². The fraction of sp³-hybridized carbons (Fsp3) is 0.143. The van der Waals surface area contributed by atoms with Crippen molar-refractivity contribution in [3.8, 4) is 23.4 Å². The minimum Gasteiger partial charge on any atom is -0.370 e. The van der Waals surface area contributed by atoms with E-state index in [9.17, 15) is 0 Å². The molecule has 0 N–H and O–H groups in total. The van der Waals surface area contributed by atoms with Crippen molar-refractivity contribution in [1.29, 1.82) is 10.5 Å². The maximum Gasteiger partial charge on any atom is 0.294 e. The van der Waals surface area contributed by atoms with Crippen molar-refractivity contribution < 1.29 is 0 Å². The van der Waals surface area contributed by atoms with E-state index in [2.05, 4.69) is 29.6 Å². The Morgan fingerprint density at radius 3 is 1.66 bits per heavy atom. The predicted molar refractivity (Wildman–Crippen MR) is 106 cm³/mol. The summed E-state index contributed by atoms with van der Waals surface area (Å²) in [4.78, 5) is 22.6. The Bertz CT molecular complexity index is 1180. The summed E-state index contributed by atoms with van der Waals surface area (Å²) in [6.45, 7) is 19.2. The summed E-state index contributed by atoms with van der Waals surface area (Å²) in [7, 11) is 0. The summed E-state index contributed by atoms with van der Waals surface area (Å²) in [5, 5.41) is 17.1. The van der Waals surface area contributed by atoms with Gasteiger partial charge in [0.25, 0.3) is 11.6 Å². The van der Waals surface area contributed by atoms with Gasteiger partial charge in [0.15, 0.2) is 17.1 Å². The van der Waals surface area contributed by atoms with Crippen LogP contribution >= 0.6 is 0 Å². The molecule has 2 aromatic heterocycles. The molecule has 1 aromatic carbocycles. The van der Waals surface area contributed by atoms with Crippen LogP contribution in [0.15, 0.2) is 30.3 Å². The summed E-state index contributed by atoms with van der Waals surface area (Å²) < 4.78 is 0. The van der Waals surface area contributed by atoms with Gasteiger partial charge in [0.2, 0.25) is 5.69 Å². The van der Waals surface area contributed by atoms with Gasteiger partial charge in [0.1, 0.15) is 12.1 Å². The van der Waals surface area contributed by atoms with Crippen molar-refractivity contribution in [2.75, 3.05) is 0 Å². The van der Waals surface area contributed by atoms with Gasteiger partial charge in [0, 0.05) is 12.5 Å². The Balaban J connectivity index is 0.000000221. The number of hydrogen-bond donors (Lipinski definition) is 0. The molecular formula is C21H14N8. The Kier molecular flexibility index (Phi) is 6.64. The third-order valence-electron chi connectivity index (χ3n) is 3.81. The van der Waals surface area contributed by atoms with E-state index in [1.165, 1.54) is 0 Å². The second-order valence-electron chi connectivity index (χ2n) is 5.71. The van der Waals surface area contributed by atoms with Gasteiger partial charge in [0.05, 0.1) is 11.4 Å². The van der Waals surface area contributed by atoms with Crippen molar-refractivity contribution in [2.24, 2.45) is 0 Å². The molecule has 0 atom stereocenters. The molecule has 3 aromatic rings. The fourth-order valence-corrected chi connectivity index (χ4v) is 2.28. The lowest BCUT2D eigenvalue weighted by Crippen LogP contribution is -1.99. The molecule has 2 heterocycles. The van der Waals surface area contributed by atoms with Gasteiger partial charge in [-0.05, 0) is 13.8 Å². The normalized spacial score (nSPS) is 9.07. The Hall–Kier alpha value is -4.66. The highest BCUT2D eigenvalue weighted by Gasteiger charge is 2.17. The third kappa shape index (κ3) is 4.74. The molecule has 0 radical (unpaired) electrons. The lowest BCUT2D eigenvalue weighted by Gasteiger charge is -2.00. The number of nitriles is 2. The Morgan fingerprint density at radius 1 is 0.724 bits per heavy atom. The Labute approximate surface area is 168 Å². The van der Waals surface area contributed by atoms with E-state index in [1.807, 2.05) is 42.5 Å². The van der Waals surface area contributed by atoms with E-state index in [0.29, 0.717) is 22.8 Å². The summed E-state index contributed by atoms with van der Waals surface area (Å²) in [6, 6.07) is 13.2. The lowest BCUT2D eigenvalue weighted by atomic mass is 10.1. The van der Waals surface area contributed by atoms with E-state index in [1.54, 1.807) is 20.8 Å². The van der Waals surface area contributed by atoms with Gasteiger partial charge in [-0.25, -0.2) is 9.97 Å². The molecule has 0 aliphatic heterocycles. The minimum absolute atomic E-state index is 0.0597. The van der Waals surface area contributed by atoms with Crippen LogP contribution in [-0.2, 0) is 0 Å². The van der Waals surface area contributed by atoms with Gasteiger partial charge in [-0.15, -0.1) is 9.97 Å². The van der Waals surface area contributed by atoms with Gasteiger partial charge in [-0.2, -0.15) is 10.5 Å². The topological polar surface area (TPSA) is 108 Å². The van der Waals surface area contributed by atoms with E-state index in [-0.39, 0.29) is 23.0 Å².